The number of carbonyl (C=O) groups excluding carboxylic acids is 8. The van der Waals surface area contributed by atoms with Crippen molar-refractivity contribution in [1.82, 2.24) is 30.7 Å². The van der Waals surface area contributed by atoms with Crippen molar-refractivity contribution in [2.24, 2.45) is 29.4 Å². The molecule has 0 aliphatic carbocycles. The van der Waals surface area contributed by atoms with Crippen LogP contribution in [-0.4, -0.2) is 117 Å². The Kier molecular flexibility index (Phi) is 16.8. The third-order valence-corrected chi connectivity index (χ3v) is 11.3. The molecule has 0 spiro atoms. The second-order valence-electron chi connectivity index (χ2n) is 17.1. The summed E-state index contributed by atoms with van der Waals surface area (Å²) in [6, 6.07) is 2.98. The van der Waals surface area contributed by atoms with E-state index in [9.17, 15) is 43.5 Å². The molecule has 0 unspecified atom stereocenters. The van der Waals surface area contributed by atoms with Gasteiger partial charge in [0, 0.05) is 55.9 Å². The Morgan fingerprint density at radius 1 is 0.780 bits per heavy atom. The SMILES string of the molecule is CC(=O)N[C@@H](C)C(=O)C[C@@H](Cc1c[nH]c2ccccc12)C(=O)N[C@@H](CC(C)C)C(=O)N1CCC[C@H]1C(=O)N[C@@H](CC(C)C)C(=O)C[C@@H](CO)C(=O)N1CCC[C@H]1C(N)=O. The molecule has 2 aromatic rings. The van der Waals surface area contributed by atoms with E-state index in [1.807, 2.05) is 52.0 Å². The molecule has 2 saturated heterocycles. The van der Waals surface area contributed by atoms with Crippen LogP contribution in [0.25, 0.3) is 10.9 Å². The first-order valence-corrected chi connectivity index (χ1v) is 20.9. The number of carbonyl (C=O) groups is 8. The molecule has 3 heterocycles. The number of Topliss-reactive ketones (excluding diaryl/α,β-unsaturated/α-hetero) is 2. The number of amides is 6. The second-order valence-corrected chi connectivity index (χ2v) is 17.1. The number of rotatable bonds is 21. The van der Waals surface area contributed by atoms with Crippen LogP contribution in [0.2, 0.25) is 0 Å². The van der Waals surface area contributed by atoms with Gasteiger partial charge in [-0.15, -0.1) is 0 Å². The smallest absolute Gasteiger partial charge is 0.245 e. The number of aromatic nitrogens is 1. The van der Waals surface area contributed by atoms with Gasteiger partial charge in [0.15, 0.2) is 11.6 Å². The molecule has 0 radical (unpaired) electrons. The van der Waals surface area contributed by atoms with Gasteiger partial charge in [-0.25, -0.2) is 0 Å². The number of para-hydroxylation sites is 1. The molecule has 324 valence electrons. The fourth-order valence-electron chi connectivity index (χ4n) is 8.30. The fourth-order valence-corrected chi connectivity index (χ4v) is 8.30. The van der Waals surface area contributed by atoms with Crippen molar-refractivity contribution < 1.29 is 43.5 Å². The molecule has 16 nitrogen and oxygen atoms in total. The van der Waals surface area contributed by atoms with E-state index in [0.29, 0.717) is 25.7 Å². The summed E-state index contributed by atoms with van der Waals surface area (Å²) in [7, 11) is 0. The summed E-state index contributed by atoms with van der Waals surface area (Å²) >= 11 is 0. The number of H-pyrrole nitrogens is 1. The van der Waals surface area contributed by atoms with Crippen LogP contribution in [0.15, 0.2) is 30.5 Å². The predicted octanol–water partition coefficient (Wildman–Crippen LogP) is 1.91. The Morgan fingerprint density at radius 2 is 1.37 bits per heavy atom. The minimum absolute atomic E-state index is 0.0392. The monoisotopic (exact) mass is 821 g/mol. The van der Waals surface area contributed by atoms with Crippen LogP contribution in [0.4, 0.5) is 0 Å². The van der Waals surface area contributed by atoms with Crippen LogP contribution in [0.3, 0.4) is 0 Å². The number of hydrogen-bond donors (Lipinski definition) is 6. The van der Waals surface area contributed by atoms with E-state index in [1.165, 1.54) is 16.7 Å². The number of likely N-dealkylation sites (tertiary alicyclic amines) is 2. The predicted molar refractivity (Wildman–Crippen MR) is 220 cm³/mol. The molecule has 1 aromatic heterocycles. The van der Waals surface area contributed by atoms with Crippen molar-refractivity contribution in [3.8, 4) is 0 Å². The Bertz CT molecular complexity index is 1860. The highest BCUT2D eigenvalue weighted by atomic mass is 16.3. The van der Waals surface area contributed by atoms with E-state index in [1.54, 1.807) is 13.1 Å². The van der Waals surface area contributed by atoms with Gasteiger partial charge in [0.1, 0.15) is 18.1 Å². The van der Waals surface area contributed by atoms with Crippen molar-refractivity contribution in [1.29, 1.82) is 0 Å². The van der Waals surface area contributed by atoms with E-state index in [-0.39, 0.29) is 68.7 Å². The number of nitrogens with zero attached hydrogens (tertiary/aromatic N) is 2. The number of aliphatic hydroxyl groups excluding tert-OH is 1. The number of ketones is 2. The molecule has 4 rings (SSSR count). The van der Waals surface area contributed by atoms with Gasteiger partial charge in [-0.05, 0) is 75.3 Å². The summed E-state index contributed by atoms with van der Waals surface area (Å²) in [5.41, 5.74) is 7.18. The molecule has 2 aliphatic rings. The molecular weight excluding hydrogens is 759 g/mol. The Morgan fingerprint density at radius 3 is 1.98 bits per heavy atom. The number of hydrogen-bond acceptors (Lipinski definition) is 9. The fraction of sp³-hybridized carbons (Fsp3) is 0.628. The lowest BCUT2D eigenvalue weighted by Crippen LogP contribution is -2.56. The van der Waals surface area contributed by atoms with Crippen molar-refractivity contribution in [3.05, 3.63) is 36.0 Å². The average molecular weight is 822 g/mol. The molecule has 0 bridgehead atoms. The minimum Gasteiger partial charge on any atom is -0.396 e. The maximum atomic E-state index is 14.4. The molecular formula is C43H63N7O9. The lowest BCUT2D eigenvalue weighted by molar-refractivity contribution is -0.144. The van der Waals surface area contributed by atoms with E-state index < -0.39 is 84.0 Å². The van der Waals surface area contributed by atoms with Gasteiger partial charge in [-0.1, -0.05) is 45.9 Å². The van der Waals surface area contributed by atoms with Crippen LogP contribution in [0.1, 0.15) is 98.5 Å². The Hall–Kier alpha value is -5.12. The van der Waals surface area contributed by atoms with Crippen LogP contribution >= 0.6 is 0 Å². The first kappa shape index (κ1) is 46.6. The van der Waals surface area contributed by atoms with Crippen LogP contribution < -0.4 is 21.7 Å². The molecule has 7 N–H and O–H groups in total. The maximum Gasteiger partial charge on any atom is 0.245 e. The lowest BCUT2D eigenvalue weighted by atomic mass is 9.90. The molecule has 6 amide bonds. The first-order chi connectivity index (χ1) is 27.9. The van der Waals surface area contributed by atoms with Gasteiger partial charge in [0.05, 0.1) is 24.6 Å². The van der Waals surface area contributed by atoms with Crippen LogP contribution in [0, 0.1) is 23.7 Å². The number of benzene rings is 1. The molecule has 1 aromatic carbocycles. The normalized spacial score (nSPS) is 19.3. The summed E-state index contributed by atoms with van der Waals surface area (Å²) < 4.78 is 0. The summed E-state index contributed by atoms with van der Waals surface area (Å²) in [5, 5.41) is 19.4. The molecule has 2 fully saturated rings. The van der Waals surface area contributed by atoms with Gasteiger partial charge in [-0.3, -0.25) is 38.4 Å². The number of fused-ring (bicyclic) bond motifs is 1. The zero-order valence-corrected chi connectivity index (χ0v) is 35.3. The summed E-state index contributed by atoms with van der Waals surface area (Å²) in [6.07, 6.45) is 3.72. The third-order valence-electron chi connectivity index (χ3n) is 11.3. The summed E-state index contributed by atoms with van der Waals surface area (Å²) in [5.74, 6) is -5.97. The molecule has 59 heavy (non-hydrogen) atoms. The van der Waals surface area contributed by atoms with E-state index in [4.69, 9.17) is 5.73 Å². The zero-order valence-electron chi connectivity index (χ0n) is 35.3. The number of primary amides is 1. The third kappa shape index (κ3) is 12.4. The Labute approximate surface area is 346 Å². The maximum absolute atomic E-state index is 14.4. The number of nitrogens with one attached hydrogen (secondary N) is 4. The minimum atomic E-state index is -1.12. The zero-order chi connectivity index (χ0) is 43.6. The quantitative estimate of drug-likeness (QED) is 0.108. The Balaban J connectivity index is 1.51. The molecule has 7 atom stereocenters. The van der Waals surface area contributed by atoms with Gasteiger partial charge < -0.3 is 41.6 Å². The lowest BCUT2D eigenvalue weighted by Gasteiger charge is -2.32. The molecule has 16 heteroatoms. The van der Waals surface area contributed by atoms with Gasteiger partial charge in [0.2, 0.25) is 35.4 Å². The first-order valence-electron chi connectivity index (χ1n) is 20.9. The largest absolute Gasteiger partial charge is 0.396 e. The van der Waals surface area contributed by atoms with Gasteiger partial charge in [0.25, 0.3) is 0 Å². The topological polar surface area (TPSA) is 241 Å². The number of aromatic amines is 1. The van der Waals surface area contributed by atoms with Crippen LogP contribution in [-0.2, 0) is 44.8 Å². The summed E-state index contributed by atoms with van der Waals surface area (Å²) in [4.78, 5) is 113. The highest BCUT2D eigenvalue weighted by Crippen LogP contribution is 2.26. The van der Waals surface area contributed by atoms with Crippen LogP contribution in [0.5, 0.6) is 0 Å². The number of aliphatic hydroxyl groups is 1. The highest BCUT2D eigenvalue weighted by molar-refractivity contribution is 5.98. The second kappa shape index (κ2) is 21.2. The molecule has 0 saturated carbocycles. The van der Waals surface area contributed by atoms with E-state index >= 15 is 0 Å². The number of nitrogens with two attached hydrogens (primary N) is 1. The van der Waals surface area contributed by atoms with Crippen molar-refractivity contribution in [2.75, 3.05) is 19.7 Å². The summed E-state index contributed by atoms with van der Waals surface area (Å²) in [6.45, 7) is 10.4. The van der Waals surface area contributed by atoms with Gasteiger partial charge >= 0.3 is 0 Å². The average Bonchev–Trinajstić information content (AvgIpc) is 3.95. The van der Waals surface area contributed by atoms with Crippen molar-refractivity contribution in [3.63, 3.8) is 0 Å². The van der Waals surface area contributed by atoms with Crippen molar-refractivity contribution >= 4 is 57.9 Å². The van der Waals surface area contributed by atoms with Crippen molar-refractivity contribution in [2.45, 2.75) is 130 Å². The van der Waals surface area contributed by atoms with E-state index in [0.717, 1.165) is 16.5 Å². The van der Waals surface area contributed by atoms with E-state index in [2.05, 4.69) is 20.9 Å². The molecule has 2 aliphatic heterocycles. The highest BCUT2D eigenvalue weighted by Gasteiger charge is 2.41. The van der Waals surface area contributed by atoms with Gasteiger partial charge in [-0.2, -0.15) is 0 Å². The standard InChI is InChI=1S/C43H63N7O9/c1-24(2)17-33(38(54)21-30(23-51)42(58)49-15-9-13-35(49)39(44)55)47-41(57)36-14-10-16-50(36)43(59)34(18-25(3)4)48-40(56)28(20-37(53)26(5)46-27(6)52)19-29-22-45-32-12-8-7-11-31(29)32/h7-8,11-12,22,24-26,28,30,33-36,45,51H,9-10,13-21,23H2,1-6H3,(H2,44,55)(H,46,52)(H,47,57)(H,48,56)/t26-,28+,30-,33-,34-,35-,36-/m0/s1.